The number of hydrogen-bond donors (Lipinski definition) is 0. The summed E-state index contributed by atoms with van der Waals surface area (Å²) >= 11 is 0. The summed E-state index contributed by atoms with van der Waals surface area (Å²) in [6, 6.07) is 0. The normalized spacial score (nSPS) is 11.3. The Morgan fingerprint density at radius 1 is 0.500 bits per heavy atom. The van der Waals surface area contributed by atoms with Gasteiger partial charge in [0.05, 0.1) is 90.1 Å². The molecule has 0 atom stereocenters. The smallest absolute Gasteiger partial charge is 0.466 e. The monoisotopic (exact) mass is 668 g/mol. The van der Waals surface area contributed by atoms with Crippen LogP contribution >= 0.6 is 0 Å². The van der Waals surface area contributed by atoms with Crippen LogP contribution < -0.4 is 0 Å². The quantitative estimate of drug-likeness (QED) is 0.0493. The molecule has 0 aliphatic carbocycles. The maximum atomic E-state index is 11.2. The Balaban J connectivity index is 0. The second-order valence-electron chi connectivity index (χ2n) is 10.9. The van der Waals surface area contributed by atoms with E-state index in [4.69, 9.17) is 52.1 Å². The van der Waals surface area contributed by atoms with Crippen LogP contribution in [0.4, 0.5) is 4.79 Å². The summed E-state index contributed by atoms with van der Waals surface area (Å²) in [7, 11) is 9.95. The van der Waals surface area contributed by atoms with Crippen LogP contribution in [-0.4, -0.2) is 140 Å². The van der Waals surface area contributed by atoms with E-state index in [0.717, 1.165) is 25.3 Å². The fourth-order valence-electron chi connectivity index (χ4n) is 4.38. The summed E-state index contributed by atoms with van der Waals surface area (Å²) in [5.41, 5.74) is -0.700. The lowest BCUT2D eigenvalue weighted by Gasteiger charge is -2.35. The van der Waals surface area contributed by atoms with E-state index in [1.165, 1.54) is 6.92 Å². The number of hydrogen-bond acceptors (Lipinski definition) is 14. The first-order chi connectivity index (χ1) is 22.1. The van der Waals surface area contributed by atoms with Gasteiger partial charge in [0.1, 0.15) is 0 Å². The molecule has 0 aromatic carbocycles. The lowest BCUT2D eigenvalue weighted by molar-refractivity contribution is -0.141. The van der Waals surface area contributed by atoms with Gasteiger partial charge in [0.15, 0.2) is 0 Å². The number of esters is 2. The molecule has 272 valence electrons. The number of carbonyl (C=O) groups excluding carboxylic acids is 3. The van der Waals surface area contributed by atoms with Crippen molar-refractivity contribution in [2.24, 2.45) is 10.8 Å². The molecular weight excluding hydrogens is 608 g/mol. The summed E-state index contributed by atoms with van der Waals surface area (Å²) in [6.45, 7) is 9.77. The summed E-state index contributed by atoms with van der Waals surface area (Å²) in [5, 5.41) is 0. The molecule has 0 aliphatic heterocycles. The highest BCUT2D eigenvalue weighted by Crippen LogP contribution is 2.24. The van der Waals surface area contributed by atoms with E-state index in [2.05, 4.69) is 6.58 Å². The first-order valence-electron chi connectivity index (χ1n) is 15.4. The highest BCUT2D eigenvalue weighted by Gasteiger charge is 2.35. The van der Waals surface area contributed by atoms with Crippen LogP contribution in [0.2, 0.25) is 0 Å². The van der Waals surface area contributed by atoms with Crippen molar-refractivity contribution in [1.29, 1.82) is 0 Å². The fourth-order valence-corrected chi connectivity index (χ4v) is 4.38. The van der Waals surface area contributed by atoms with Crippen LogP contribution in [0.25, 0.3) is 0 Å². The number of ether oxygens (including phenoxy) is 11. The van der Waals surface area contributed by atoms with E-state index in [1.807, 2.05) is 0 Å². The zero-order valence-electron chi connectivity index (χ0n) is 29.2. The molecular formula is C32H60O14. The Bertz CT molecular complexity index is 701. The predicted molar refractivity (Wildman–Crippen MR) is 170 cm³/mol. The largest absolute Gasteiger partial charge is 0.508 e. The minimum Gasteiger partial charge on any atom is -0.466 e. The van der Waals surface area contributed by atoms with Gasteiger partial charge in [-0.2, -0.15) is 0 Å². The second-order valence-corrected chi connectivity index (χ2v) is 10.9. The molecule has 0 amide bonds. The average Bonchev–Trinajstić information content (AvgIpc) is 3.01. The molecule has 0 aromatic heterocycles. The van der Waals surface area contributed by atoms with E-state index >= 15 is 0 Å². The minimum atomic E-state index is -0.678. The topological polar surface area (TPSA) is 153 Å². The standard InChI is InChI=1S/C16H34O7.C16H26O7/c1-17-7-15(8-18-2,9-19-3)13-23-14-16(10-20-4,11-21-5)12-22-6;1-3-15(18)21-11-7-5-9-13-23-16(19)22-12-8-4-6-10-20-14(2)17/h7-14H2,1-6H3;3H,1,4-13H2,2H3. The van der Waals surface area contributed by atoms with Gasteiger partial charge < -0.3 is 52.1 Å². The molecule has 0 spiro atoms. The molecule has 14 nitrogen and oxygen atoms in total. The second kappa shape index (κ2) is 31.3. The molecule has 0 heterocycles. The van der Waals surface area contributed by atoms with Crippen molar-refractivity contribution in [3.63, 3.8) is 0 Å². The lowest BCUT2D eigenvalue weighted by Crippen LogP contribution is -2.45. The maximum absolute atomic E-state index is 11.2. The van der Waals surface area contributed by atoms with Gasteiger partial charge in [-0.1, -0.05) is 6.58 Å². The van der Waals surface area contributed by atoms with Gasteiger partial charge in [0, 0.05) is 55.7 Å². The summed E-state index contributed by atoms with van der Waals surface area (Å²) in [5.74, 6) is -0.721. The van der Waals surface area contributed by atoms with E-state index in [1.54, 1.807) is 42.7 Å². The molecule has 0 rings (SSSR count). The number of methoxy groups -OCH3 is 6. The fraction of sp³-hybridized carbons (Fsp3) is 0.844. The van der Waals surface area contributed by atoms with Crippen LogP contribution in [0.5, 0.6) is 0 Å². The third-order valence-corrected chi connectivity index (χ3v) is 6.25. The average molecular weight is 669 g/mol. The molecule has 0 N–H and O–H groups in total. The van der Waals surface area contributed by atoms with Crippen LogP contribution in [-0.2, 0) is 61.7 Å². The predicted octanol–water partition coefficient (Wildman–Crippen LogP) is 3.63. The van der Waals surface area contributed by atoms with Gasteiger partial charge in [0.25, 0.3) is 0 Å². The zero-order chi connectivity index (χ0) is 34.9. The molecule has 0 saturated carbocycles. The van der Waals surface area contributed by atoms with Gasteiger partial charge >= 0.3 is 18.1 Å². The first-order valence-corrected chi connectivity index (χ1v) is 15.4. The van der Waals surface area contributed by atoms with E-state index in [-0.39, 0.29) is 30.0 Å². The van der Waals surface area contributed by atoms with Gasteiger partial charge in [-0.25, -0.2) is 9.59 Å². The SMILES string of the molecule is C=CC(=O)OCCCCCOC(=O)OCCCCCOC(C)=O.COCC(COC)(COC)COCC(COC)(COC)COC. The Hall–Kier alpha value is -2.33. The molecule has 0 aliphatic rings. The highest BCUT2D eigenvalue weighted by molar-refractivity contribution is 5.81. The van der Waals surface area contributed by atoms with E-state index in [9.17, 15) is 14.4 Å². The summed E-state index contributed by atoms with van der Waals surface area (Å²) < 4.78 is 57.3. The third kappa shape index (κ3) is 25.8. The van der Waals surface area contributed by atoms with Crippen molar-refractivity contribution in [2.75, 3.05) is 122 Å². The Morgan fingerprint density at radius 2 is 0.826 bits per heavy atom. The third-order valence-electron chi connectivity index (χ3n) is 6.25. The summed E-state index contributed by atoms with van der Waals surface area (Å²) in [4.78, 5) is 32.5. The highest BCUT2D eigenvalue weighted by atomic mass is 16.7. The Morgan fingerprint density at radius 3 is 1.13 bits per heavy atom. The van der Waals surface area contributed by atoms with Crippen molar-refractivity contribution < 1.29 is 66.5 Å². The van der Waals surface area contributed by atoms with Crippen molar-refractivity contribution in [3.05, 3.63) is 12.7 Å². The van der Waals surface area contributed by atoms with Gasteiger partial charge in [-0.05, 0) is 38.5 Å². The van der Waals surface area contributed by atoms with E-state index in [0.29, 0.717) is 85.3 Å². The molecule has 14 heteroatoms. The van der Waals surface area contributed by atoms with Crippen LogP contribution in [0.1, 0.15) is 45.4 Å². The van der Waals surface area contributed by atoms with Crippen molar-refractivity contribution in [1.82, 2.24) is 0 Å². The van der Waals surface area contributed by atoms with Crippen LogP contribution in [0, 0.1) is 10.8 Å². The first kappa shape index (κ1) is 45.8. The number of carbonyl (C=O) groups is 3. The minimum absolute atomic E-state index is 0.278. The molecule has 0 unspecified atom stereocenters. The zero-order valence-corrected chi connectivity index (χ0v) is 29.2. The molecule has 0 aromatic rings. The Labute approximate surface area is 275 Å². The van der Waals surface area contributed by atoms with Crippen molar-refractivity contribution >= 4 is 18.1 Å². The van der Waals surface area contributed by atoms with Gasteiger partial charge in [0.2, 0.25) is 0 Å². The van der Waals surface area contributed by atoms with Crippen molar-refractivity contribution in [3.8, 4) is 0 Å². The van der Waals surface area contributed by atoms with Crippen LogP contribution in [0.3, 0.4) is 0 Å². The molecule has 0 bridgehead atoms. The number of unbranched alkanes of at least 4 members (excludes halogenated alkanes) is 4. The van der Waals surface area contributed by atoms with E-state index < -0.39 is 12.1 Å². The van der Waals surface area contributed by atoms with Crippen LogP contribution in [0.15, 0.2) is 12.7 Å². The lowest BCUT2D eigenvalue weighted by atomic mass is 9.90. The summed E-state index contributed by atoms with van der Waals surface area (Å²) in [6.07, 6.45) is 4.87. The molecule has 0 radical (unpaired) electrons. The van der Waals surface area contributed by atoms with Gasteiger partial charge in [-0.15, -0.1) is 0 Å². The van der Waals surface area contributed by atoms with Gasteiger partial charge in [-0.3, -0.25) is 4.79 Å². The molecule has 0 fully saturated rings. The van der Waals surface area contributed by atoms with Crippen molar-refractivity contribution in [2.45, 2.75) is 45.4 Å². The molecule has 0 saturated heterocycles. The number of rotatable bonds is 29. The maximum Gasteiger partial charge on any atom is 0.508 e. The molecule has 46 heavy (non-hydrogen) atoms. The Kier molecular flexibility index (Phi) is 31.1.